The normalized spacial score (nSPS) is 17.2. The lowest BCUT2D eigenvalue weighted by Gasteiger charge is -2.25. The lowest BCUT2D eigenvalue weighted by molar-refractivity contribution is 0.0315. The molecule has 1 fully saturated rings. The predicted molar refractivity (Wildman–Crippen MR) is 97.3 cm³/mol. The minimum absolute atomic E-state index is 0.0854. The zero-order valence-electron chi connectivity index (χ0n) is 14.8. The molecule has 2 aromatic rings. The molecule has 2 aromatic carbocycles. The molecule has 1 atom stereocenters. The molecule has 4 nitrogen and oxygen atoms in total. The fourth-order valence-electron chi connectivity index (χ4n) is 3.03. The summed E-state index contributed by atoms with van der Waals surface area (Å²) >= 11 is 5.81. The molecular weight excluding hydrogens is 381 g/mol. The number of carbonyl (C=O) groups excluding carboxylic acids is 1. The van der Waals surface area contributed by atoms with Crippen molar-refractivity contribution in [2.24, 2.45) is 0 Å². The van der Waals surface area contributed by atoms with Crippen molar-refractivity contribution in [2.75, 3.05) is 25.5 Å². The van der Waals surface area contributed by atoms with Crippen LogP contribution in [0.1, 0.15) is 12.8 Å². The molecule has 1 amide bonds. The van der Waals surface area contributed by atoms with Crippen molar-refractivity contribution in [3.8, 4) is 11.1 Å². The van der Waals surface area contributed by atoms with Gasteiger partial charge in [0.05, 0.1) is 10.7 Å². The van der Waals surface area contributed by atoms with E-state index in [0.717, 1.165) is 36.1 Å². The summed E-state index contributed by atoms with van der Waals surface area (Å²) in [6.45, 7) is 0.812. The van der Waals surface area contributed by atoms with Crippen molar-refractivity contribution >= 4 is 23.4 Å². The molecule has 144 valence electrons. The monoisotopic (exact) mass is 398 g/mol. The van der Waals surface area contributed by atoms with Crippen LogP contribution in [-0.4, -0.2) is 37.9 Å². The largest absolute Gasteiger partial charge is 0.430 e. The Morgan fingerprint density at radius 3 is 2.52 bits per heavy atom. The average Bonchev–Trinajstić information content (AvgIpc) is 3.03. The molecule has 0 aromatic heterocycles. The van der Waals surface area contributed by atoms with Crippen molar-refractivity contribution in [3.05, 3.63) is 52.8 Å². The Bertz CT molecular complexity index is 878. The van der Waals surface area contributed by atoms with Gasteiger partial charge < -0.3 is 4.74 Å². The van der Waals surface area contributed by atoms with Gasteiger partial charge in [-0.25, -0.2) is 18.0 Å². The number of anilines is 1. The second kappa shape index (κ2) is 7.78. The molecule has 1 heterocycles. The van der Waals surface area contributed by atoms with E-state index < -0.39 is 23.5 Å². The molecule has 27 heavy (non-hydrogen) atoms. The number of halogens is 4. The van der Waals surface area contributed by atoms with Gasteiger partial charge in [0.2, 0.25) is 0 Å². The standard InChI is InChI=1S/C19H18ClF3N2O2/c1-24-7-3-4-18(24)27-19(26)25(2)17-10-16(23)15(22)9-12(17)11-5-6-14(21)13(20)8-11/h5-6,8-10,18H,3-4,7H2,1-2H3/t18-/m0/s1. The number of amides is 1. The van der Waals surface area contributed by atoms with Gasteiger partial charge in [-0.15, -0.1) is 0 Å². The molecule has 0 bridgehead atoms. The first kappa shape index (κ1) is 19.5. The van der Waals surface area contributed by atoms with Crippen LogP contribution in [0.15, 0.2) is 30.3 Å². The van der Waals surface area contributed by atoms with E-state index in [2.05, 4.69) is 0 Å². The second-order valence-corrected chi connectivity index (χ2v) is 6.84. The summed E-state index contributed by atoms with van der Waals surface area (Å²) in [4.78, 5) is 15.5. The van der Waals surface area contributed by atoms with E-state index in [0.29, 0.717) is 12.0 Å². The Labute approximate surface area is 160 Å². The van der Waals surface area contributed by atoms with Crippen LogP contribution in [-0.2, 0) is 4.74 Å². The summed E-state index contributed by atoms with van der Waals surface area (Å²) in [6, 6.07) is 5.63. The molecule has 1 aliphatic rings. The van der Waals surface area contributed by atoms with Crippen molar-refractivity contribution in [1.29, 1.82) is 0 Å². The third-order valence-electron chi connectivity index (χ3n) is 4.59. The fraction of sp³-hybridized carbons (Fsp3) is 0.316. The molecule has 1 saturated heterocycles. The van der Waals surface area contributed by atoms with E-state index in [1.54, 1.807) is 0 Å². The van der Waals surface area contributed by atoms with Gasteiger partial charge in [0, 0.05) is 25.2 Å². The summed E-state index contributed by atoms with van der Waals surface area (Å²) in [7, 11) is 3.24. The average molecular weight is 399 g/mol. The zero-order valence-corrected chi connectivity index (χ0v) is 15.6. The summed E-state index contributed by atoms with van der Waals surface area (Å²) in [6.07, 6.45) is 0.542. The fourth-order valence-corrected chi connectivity index (χ4v) is 3.21. The Balaban J connectivity index is 1.96. The molecule has 0 saturated carbocycles. The third-order valence-corrected chi connectivity index (χ3v) is 4.88. The van der Waals surface area contributed by atoms with Crippen LogP contribution in [0.3, 0.4) is 0 Å². The van der Waals surface area contributed by atoms with Crippen molar-refractivity contribution < 1.29 is 22.7 Å². The number of likely N-dealkylation sites (tertiary alicyclic amines) is 1. The Hall–Kier alpha value is -2.25. The van der Waals surface area contributed by atoms with E-state index in [9.17, 15) is 18.0 Å². The predicted octanol–water partition coefficient (Wildman–Crippen LogP) is 5.05. The minimum Gasteiger partial charge on any atom is -0.430 e. The molecular formula is C19H18ClF3N2O2. The van der Waals surface area contributed by atoms with Gasteiger partial charge in [-0.3, -0.25) is 9.80 Å². The second-order valence-electron chi connectivity index (χ2n) is 6.43. The number of hydrogen-bond donors (Lipinski definition) is 0. The van der Waals surface area contributed by atoms with Crippen LogP contribution < -0.4 is 4.90 Å². The number of carbonyl (C=O) groups is 1. The summed E-state index contributed by atoms with van der Waals surface area (Å²) in [5.74, 6) is -2.84. The highest BCUT2D eigenvalue weighted by molar-refractivity contribution is 6.31. The summed E-state index contributed by atoms with van der Waals surface area (Å²) < 4.78 is 46.6. The first-order valence-corrected chi connectivity index (χ1v) is 8.74. The molecule has 0 unspecified atom stereocenters. The molecule has 1 aliphatic heterocycles. The van der Waals surface area contributed by atoms with Crippen LogP contribution in [0, 0.1) is 17.5 Å². The lowest BCUT2D eigenvalue weighted by atomic mass is 10.0. The lowest BCUT2D eigenvalue weighted by Crippen LogP contribution is -2.36. The molecule has 0 N–H and O–H groups in total. The SMILES string of the molecule is CN(C(=O)O[C@H]1CCCN1C)c1cc(F)c(F)cc1-c1ccc(F)c(Cl)c1. The topological polar surface area (TPSA) is 32.8 Å². The van der Waals surface area contributed by atoms with Crippen LogP contribution in [0.2, 0.25) is 5.02 Å². The molecule has 0 radical (unpaired) electrons. The first-order chi connectivity index (χ1) is 12.8. The van der Waals surface area contributed by atoms with E-state index >= 15 is 0 Å². The van der Waals surface area contributed by atoms with Gasteiger partial charge in [0.25, 0.3) is 0 Å². The molecule has 8 heteroatoms. The Kier molecular flexibility index (Phi) is 5.62. The maximum atomic E-state index is 13.9. The number of rotatable bonds is 3. The highest BCUT2D eigenvalue weighted by Crippen LogP contribution is 2.35. The first-order valence-electron chi connectivity index (χ1n) is 8.37. The van der Waals surface area contributed by atoms with Gasteiger partial charge in [-0.1, -0.05) is 17.7 Å². The maximum Gasteiger partial charge on any atom is 0.415 e. The number of ether oxygens (including phenoxy) is 1. The third kappa shape index (κ3) is 4.04. The number of nitrogens with zero attached hydrogens (tertiary/aromatic N) is 2. The van der Waals surface area contributed by atoms with Crippen LogP contribution in [0.4, 0.5) is 23.7 Å². The highest BCUT2D eigenvalue weighted by atomic mass is 35.5. The summed E-state index contributed by atoms with van der Waals surface area (Å²) in [5.41, 5.74) is 0.616. The smallest absolute Gasteiger partial charge is 0.415 e. The van der Waals surface area contributed by atoms with Gasteiger partial charge in [-0.2, -0.15) is 0 Å². The van der Waals surface area contributed by atoms with Crippen LogP contribution >= 0.6 is 11.6 Å². The molecule has 0 aliphatic carbocycles. The van der Waals surface area contributed by atoms with Crippen LogP contribution in [0.25, 0.3) is 11.1 Å². The highest BCUT2D eigenvalue weighted by Gasteiger charge is 2.27. The summed E-state index contributed by atoms with van der Waals surface area (Å²) in [5, 5.41) is -0.166. The van der Waals surface area contributed by atoms with Crippen LogP contribution in [0.5, 0.6) is 0 Å². The Morgan fingerprint density at radius 1 is 1.19 bits per heavy atom. The Morgan fingerprint density at radius 2 is 1.89 bits per heavy atom. The van der Waals surface area contributed by atoms with Gasteiger partial charge in [0.1, 0.15) is 5.82 Å². The van der Waals surface area contributed by atoms with Crippen molar-refractivity contribution in [3.63, 3.8) is 0 Å². The quantitative estimate of drug-likeness (QED) is 0.725. The molecule has 0 spiro atoms. The minimum atomic E-state index is -1.11. The van der Waals surface area contributed by atoms with Gasteiger partial charge >= 0.3 is 6.09 Å². The van der Waals surface area contributed by atoms with E-state index in [1.165, 1.54) is 19.2 Å². The number of benzene rings is 2. The number of hydrogen-bond acceptors (Lipinski definition) is 3. The zero-order chi connectivity index (χ0) is 19.7. The van der Waals surface area contributed by atoms with Gasteiger partial charge in [0.15, 0.2) is 17.9 Å². The van der Waals surface area contributed by atoms with E-state index in [1.807, 2.05) is 11.9 Å². The molecule has 3 rings (SSSR count). The van der Waals surface area contributed by atoms with Crippen molar-refractivity contribution in [1.82, 2.24) is 4.90 Å². The van der Waals surface area contributed by atoms with Crippen molar-refractivity contribution in [2.45, 2.75) is 19.1 Å². The van der Waals surface area contributed by atoms with E-state index in [4.69, 9.17) is 16.3 Å². The maximum absolute atomic E-state index is 13.9. The van der Waals surface area contributed by atoms with Gasteiger partial charge in [-0.05, 0) is 43.7 Å². The van der Waals surface area contributed by atoms with E-state index in [-0.39, 0.29) is 22.5 Å².